The number of urea groups is 1. The molecule has 0 saturated heterocycles. The number of rotatable bonds is 7. The molecule has 2 rings (SSSR count). The third kappa shape index (κ3) is 6.46. The molecule has 0 aliphatic carbocycles. The normalized spacial score (nSPS) is 10.5. The van der Waals surface area contributed by atoms with E-state index in [9.17, 15) is 9.59 Å². The molecular weight excluding hydrogens is 378 g/mol. The molecule has 0 fully saturated rings. The maximum Gasteiger partial charge on any atom is 0.321 e. The van der Waals surface area contributed by atoms with Crippen molar-refractivity contribution in [2.24, 2.45) is 5.92 Å². The SMILES string of the molecule is Cc1ccc(NC(=O)C(C)C)cc1NC(=O)N(C)CCOc1ccc(Cl)cc1. The number of halogens is 1. The first-order valence-corrected chi connectivity index (χ1v) is 9.46. The standard InChI is InChI=1S/C21H26ClN3O3/c1-14(2)20(26)23-17-8-5-15(3)19(13-17)24-21(27)25(4)11-12-28-18-9-6-16(22)7-10-18/h5-10,13-14H,11-12H2,1-4H3,(H,23,26)(H,24,27). The number of amides is 3. The number of likely N-dealkylation sites (N-methyl/N-ethyl adjacent to an activating group) is 1. The van der Waals surface area contributed by atoms with E-state index >= 15 is 0 Å². The fraction of sp³-hybridized carbons (Fsp3) is 0.333. The van der Waals surface area contributed by atoms with Crippen LogP contribution in [-0.4, -0.2) is 37.0 Å². The molecule has 3 amide bonds. The molecule has 7 heteroatoms. The van der Waals surface area contributed by atoms with Gasteiger partial charge < -0.3 is 20.3 Å². The molecule has 0 aliphatic rings. The Morgan fingerprint density at radius 2 is 1.79 bits per heavy atom. The number of hydrogen-bond acceptors (Lipinski definition) is 3. The van der Waals surface area contributed by atoms with Gasteiger partial charge in [-0.2, -0.15) is 0 Å². The molecule has 2 N–H and O–H groups in total. The Hall–Kier alpha value is -2.73. The minimum Gasteiger partial charge on any atom is -0.492 e. The summed E-state index contributed by atoms with van der Waals surface area (Å²) >= 11 is 5.84. The summed E-state index contributed by atoms with van der Waals surface area (Å²) in [6.45, 7) is 6.32. The Balaban J connectivity index is 1.89. The molecular formula is C21H26ClN3O3. The van der Waals surface area contributed by atoms with E-state index in [1.807, 2.05) is 32.9 Å². The van der Waals surface area contributed by atoms with Crippen LogP contribution >= 0.6 is 11.6 Å². The smallest absolute Gasteiger partial charge is 0.321 e. The lowest BCUT2D eigenvalue weighted by atomic mass is 10.1. The highest BCUT2D eigenvalue weighted by molar-refractivity contribution is 6.30. The van der Waals surface area contributed by atoms with E-state index in [1.54, 1.807) is 37.4 Å². The number of anilines is 2. The van der Waals surface area contributed by atoms with Crippen molar-refractivity contribution in [3.05, 3.63) is 53.1 Å². The quantitative estimate of drug-likeness (QED) is 0.698. The Morgan fingerprint density at radius 1 is 1.11 bits per heavy atom. The van der Waals surface area contributed by atoms with Gasteiger partial charge in [0.05, 0.1) is 6.54 Å². The van der Waals surface area contributed by atoms with Crippen LogP contribution in [0.1, 0.15) is 19.4 Å². The summed E-state index contributed by atoms with van der Waals surface area (Å²) in [5.74, 6) is 0.506. The average Bonchev–Trinajstić information content (AvgIpc) is 2.65. The zero-order valence-corrected chi connectivity index (χ0v) is 17.3. The van der Waals surface area contributed by atoms with Gasteiger partial charge in [0.15, 0.2) is 0 Å². The van der Waals surface area contributed by atoms with Gasteiger partial charge in [-0.15, -0.1) is 0 Å². The molecule has 2 aromatic carbocycles. The fourth-order valence-corrected chi connectivity index (χ4v) is 2.39. The summed E-state index contributed by atoms with van der Waals surface area (Å²) in [5.41, 5.74) is 2.20. The first-order valence-electron chi connectivity index (χ1n) is 9.08. The van der Waals surface area contributed by atoms with Gasteiger partial charge in [-0.25, -0.2) is 4.79 Å². The first kappa shape index (κ1) is 21.6. The van der Waals surface area contributed by atoms with Gasteiger partial charge in [-0.1, -0.05) is 31.5 Å². The minimum absolute atomic E-state index is 0.0717. The zero-order valence-electron chi connectivity index (χ0n) is 16.6. The topological polar surface area (TPSA) is 70.7 Å². The Bertz CT molecular complexity index is 822. The summed E-state index contributed by atoms with van der Waals surface area (Å²) in [4.78, 5) is 25.8. The van der Waals surface area contributed by atoms with Gasteiger partial charge in [0.2, 0.25) is 5.91 Å². The van der Waals surface area contributed by atoms with Gasteiger partial charge in [-0.05, 0) is 48.9 Å². The molecule has 28 heavy (non-hydrogen) atoms. The number of benzene rings is 2. The van der Waals surface area contributed by atoms with Crippen LogP contribution in [0, 0.1) is 12.8 Å². The van der Waals surface area contributed by atoms with Gasteiger partial charge >= 0.3 is 6.03 Å². The lowest BCUT2D eigenvalue weighted by Crippen LogP contribution is -2.34. The summed E-state index contributed by atoms with van der Waals surface area (Å²) in [7, 11) is 1.69. The summed E-state index contributed by atoms with van der Waals surface area (Å²) in [6.07, 6.45) is 0. The van der Waals surface area contributed by atoms with Gasteiger partial charge in [0.1, 0.15) is 12.4 Å². The maximum atomic E-state index is 12.4. The predicted molar refractivity (Wildman–Crippen MR) is 113 cm³/mol. The molecule has 150 valence electrons. The van der Waals surface area contributed by atoms with Crippen molar-refractivity contribution in [3.8, 4) is 5.75 Å². The second kappa shape index (κ2) is 9.99. The Morgan fingerprint density at radius 3 is 2.43 bits per heavy atom. The van der Waals surface area contributed by atoms with E-state index in [2.05, 4.69) is 10.6 Å². The summed E-state index contributed by atoms with van der Waals surface area (Å²) in [5, 5.41) is 6.35. The van der Waals surface area contributed by atoms with Crippen LogP contribution in [0.25, 0.3) is 0 Å². The van der Waals surface area contributed by atoms with Crippen molar-refractivity contribution in [1.29, 1.82) is 0 Å². The molecule has 6 nitrogen and oxygen atoms in total. The molecule has 0 aliphatic heterocycles. The number of aryl methyl sites for hydroxylation is 1. The van der Waals surface area contributed by atoms with Crippen molar-refractivity contribution in [1.82, 2.24) is 4.90 Å². The van der Waals surface area contributed by atoms with Crippen LogP contribution in [-0.2, 0) is 4.79 Å². The average molecular weight is 404 g/mol. The molecule has 2 aromatic rings. The molecule has 0 bridgehead atoms. The second-order valence-corrected chi connectivity index (χ2v) is 7.26. The van der Waals surface area contributed by atoms with Crippen LogP contribution < -0.4 is 15.4 Å². The van der Waals surface area contributed by atoms with Crippen LogP contribution in [0.5, 0.6) is 5.75 Å². The third-order valence-corrected chi connectivity index (χ3v) is 4.38. The van der Waals surface area contributed by atoms with Crippen LogP contribution in [0.2, 0.25) is 5.02 Å². The lowest BCUT2D eigenvalue weighted by molar-refractivity contribution is -0.118. The molecule has 0 unspecified atom stereocenters. The van der Waals surface area contributed by atoms with E-state index in [1.165, 1.54) is 4.90 Å². The lowest BCUT2D eigenvalue weighted by Gasteiger charge is -2.19. The molecule has 0 radical (unpaired) electrons. The predicted octanol–water partition coefficient (Wildman–Crippen LogP) is 4.79. The number of carbonyl (C=O) groups excluding carboxylic acids is 2. The molecule has 0 atom stereocenters. The number of ether oxygens (including phenoxy) is 1. The monoisotopic (exact) mass is 403 g/mol. The molecule has 0 spiro atoms. The maximum absolute atomic E-state index is 12.4. The van der Waals surface area contributed by atoms with Crippen LogP contribution in [0.4, 0.5) is 16.2 Å². The second-order valence-electron chi connectivity index (χ2n) is 6.83. The minimum atomic E-state index is -0.254. The highest BCUT2D eigenvalue weighted by Crippen LogP contribution is 2.21. The number of nitrogens with one attached hydrogen (secondary N) is 2. The number of hydrogen-bond donors (Lipinski definition) is 2. The molecule has 0 saturated carbocycles. The Labute approximate surface area is 170 Å². The van der Waals surface area contributed by atoms with Gasteiger partial charge in [0, 0.05) is 29.4 Å². The van der Waals surface area contributed by atoms with Crippen LogP contribution in [0.15, 0.2) is 42.5 Å². The highest BCUT2D eigenvalue weighted by atomic mass is 35.5. The zero-order chi connectivity index (χ0) is 20.7. The molecule has 0 heterocycles. The summed E-state index contributed by atoms with van der Waals surface area (Å²) < 4.78 is 5.61. The Kier molecular flexibility index (Phi) is 7.70. The van der Waals surface area contributed by atoms with Crippen LogP contribution in [0.3, 0.4) is 0 Å². The highest BCUT2D eigenvalue weighted by Gasteiger charge is 2.12. The van der Waals surface area contributed by atoms with Gasteiger partial charge in [-0.3, -0.25) is 4.79 Å². The number of carbonyl (C=O) groups is 2. The van der Waals surface area contributed by atoms with Crippen molar-refractivity contribution in [2.75, 3.05) is 30.8 Å². The van der Waals surface area contributed by atoms with Gasteiger partial charge in [0.25, 0.3) is 0 Å². The summed E-state index contributed by atoms with van der Waals surface area (Å²) in [6, 6.07) is 12.2. The van der Waals surface area contributed by atoms with Crippen molar-refractivity contribution >= 4 is 34.9 Å². The van der Waals surface area contributed by atoms with E-state index in [0.29, 0.717) is 35.3 Å². The van der Waals surface area contributed by atoms with E-state index in [-0.39, 0.29) is 17.9 Å². The van der Waals surface area contributed by atoms with Crippen molar-refractivity contribution in [2.45, 2.75) is 20.8 Å². The molecule has 0 aromatic heterocycles. The third-order valence-electron chi connectivity index (χ3n) is 4.13. The number of nitrogens with zero attached hydrogens (tertiary/aromatic N) is 1. The van der Waals surface area contributed by atoms with Crippen molar-refractivity contribution < 1.29 is 14.3 Å². The largest absolute Gasteiger partial charge is 0.492 e. The fourth-order valence-electron chi connectivity index (χ4n) is 2.26. The van der Waals surface area contributed by atoms with E-state index < -0.39 is 0 Å². The van der Waals surface area contributed by atoms with Crippen molar-refractivity contribution in [3.63, 3.8) is 0 Å². The first-order chi connectivity index (χ1) is 13.3. The van der Waals surface area contributed by atoms with E-state index in [4.69, 9.17) is 16.3 Å². The van der Waals surface area contributed by atoms with E-state index in [0.717, 1.165) is 5.56 Å².